The van der Waals surface area contributed by atoms with Gasteiger partial charge in [0.25, 0.3) is 15.9 Å². The normalized spacial score (nSPS) is 27.6. The van der Waals surface area contributed by atoms with Crippen LogP contribution in [0.1, 0.15) is 68.3 Å². The maximum Gasteiger partial charge on any atom is 0.261 e. The lowest BCUT2D eigenvalue weighted by molar-refractivity contribution is -0.00518. The largest absolute Gasteiger partial charge is 0.496 e. The molecule has 0 saturated heterocycles. The van der Waals surface area contributed by atoms with E-state index in [4.69, 9.17) is 4.74 Å². The number of rotatable bonds is 7. The molecule has 0 radical (unpaired) electrons. The maximum absolute atomic E-state index is 13.1. The lowest BCUT2D eigenvalue weighted by Crippen LogP contribution is -2.48. The smallest absolute Gasteiger partial charge is 0.261 e. The fourth-order valence-electron chi connectivity index (χ4n) is 6.94. The van der Waals surface area contributed by atoms with Gasteiger partial charge in [0.05, 0.1) is 17.6 Å². The van der Waals surface area contributed by atoms with E-state index in [1.807, 2.05) is 26.0 Å². The van der Waals surface area contributed by atoms with Crippen molar-refractivity contribution in [2.75, 3.05) is 11.8 Å². The summed E-state index contributed by atoms with van der Waals surface area (Å²) < 4.78 is 34.2. The second kappa shape index (κ2) is 8.59. The van der Waals surface area contributed by atoms with Crippen molar-refractivity contribution in [3.8, 4) is 5.75 Å². The minimum atomic E-state index is -3.87. The van der Waals surface area contributed by atoms with Crippen LogP contribution < -0.4 is 14.8 Å². The Morgan fingerprint density at radius 3 is 2.09 bits per heavy atom. The van der Waals surface area contributed by atoms with Crippen LogP contribution in [0, 0.1) is 17.8 Å². The van der Waals surface area contributed by atoms with E-state index in [1.165, 1.54) is 69.4 Å². The van der Waals surface area contributed by atoms with Gasteiger partial charge in [-0.2, -0.15) is 0 Å². The van der Waals surface area contributed by atoms with Gasteiger partial charge in [0.2, 0.25) is 0 Å². The number of anilines is 1. The molecule has 0 spiro atoms. The van der Waals surface area contributed by atoms with Crippen molar-refractivity contribution in [2.45, 2.75) is 68.7 Å². The number of benzene rings is 2. The standard InChI is InChI=1S/C27H34N2O4S/c1-17(2)28-26(30)24-13-23(8-9-25(24)33-3)34(31,32)29-22-6-4-21(5-7-22)27-14-18-10-19(15-27)12-20(11-18)16-27/h4-9,13,17-20,29H,10-12,14-16H2,1-3H3,(H,28,30). The molecule has 4 bridgehead atoms. The summed E-state index contributed by atoms with van der Waals surface area (Å²) in [6.45, 7) is 3.69. The molecule has 2 N–H and O–H groups in total. The molecule has 7 heteroatoms. The van der Waals surface area contributed by atoms with Crippen LogP contribution in [0.15, 0.2) is 47.4 Å². The highest BCUT2D eigenvalue weighted by Gasteiger charge is 2.51. The number of nitrogens with one attached hydrogen (secondary N) is 2. The molecule has 34 heavy (non-hydrogen) atoms. The van der Waals surface area contributed by atoms with E-state index >= 15 is 0 Å². The fraction of sp³-hybridized carbons (Fsp3) is 0.519. The highest BCUT2D eigenvalue weighted by molar-refractivity contribution is 7.92. The molecule has 0 heterocycles. The van der Waals surface area contributed by atoms with E-state index < -0.39 is 10.0 Å². The molecule has 0 atom stereocenters. The third-order valence-corrected chi connectivity index (χ3v) is 9.31. The van der Waals surface area contributed by atoms with E-state index in [2.05, 4.69) is 22.2 Å². The molecular weight excluding hydrogens is 448 g/mol. The van der Waals surface area contributed by atoms with E-state index in [0.717, 1.165) is 17.8 Å². The van der Waals surface area contributed by atoms with Crippen molar-refractivity contribution < 1.29 is 17.9 Å². The van der Waals surface area contributed by atoms with Crippen LogP contribution >= 0.6 is 0 Å². The summed E-state index contributed by atoms with van der Waals surface area (Å²) >= 11 is 0. The maximum atomic E-state index is 13.1. The van der Waals surface area contributed by atoms with Crippen molar-refractivity contribution in [1.82, 2.24) is 5.32 Å². The number of hydrogen-bond donors (Lipinski definition) is 2. The van der Waals surface area contributed by atoms with Gasteiger partial charge in [-0.05, 0) is 111 Å². The van der Waals surface area contributed by atoms with Gasteiger partial charge in [-0.25, -0.2) is 8.42 Å². The molecule has 1 amide bonds. The molecule has 4 fully saturated rings. The van der Waals surface area contributed by atoms with Gasteiger partial charge >= 0.3 is 0 Å². The number of hydrogen-bond acceptors (Lipinski definition) is 4. The Morgan fingerprint density at radius 2 is 1.56 bits per heavy atom. The van der Waals surface area contributed by atoms with Crippen LogP contribution in [0.25, 0.3) is 0 Å². The summed E-state index contributed by atoms with van der Waals surface area (Å²) in [5, 5.41) is 2.79. The minimum absolute atomic E-state index is 0.0207. The van der Waals surface area contributed by atoms with E-state index in [1.54, 1.807) is 0 Å². The highest BCUT2D eigenvalue weighted by Crippen LogP contribution is 2.60. The molecule has 0 aliphatic heterocycles. The van der Waals surface area contributed by atoms with Crippen molar-refractivity contribution in [2.24, 2.45) is 17.8 Å². The molecule has 6 rings (SSSR count). The van der Waals surface area contributed by atoms with Crippen molar-refractivity contribution in [1.29, 1.82) is 0 Å². The van der Waals surface area contributed by atoms with E-state index in [-0.39, 0.29) is 27.8 Å². The first-order chi connectivity index (χ1) is 16.2. The summed E-state index contributed by atoms with van der Waals surface area (Å²) in [5.41, 5.74) is 2.35. The number of amides is 1. The molecule has 4 aliphatic carbocycles. The lowest BCUT2D eigenvalue weighted by Gasteiger charge is -2.57. The Hall–Kier alpha value is -2.54. The van der Waals surface area contributed by atoms with E-state index in [0.29, 0.717) is 11.4 Å². The first-order valence-electron chi connectivity index (χ1n) is 12.3. The number of ether oxygens (including phenoxy) is 1. The molecule has 4 aliphatic rings. The zero-order valence-corrected chi connectivity index (χ0v) is 21.0. The number of carbonyl (C=O) groups is 1. The molecule has 0 aromatic heterocycles. The molecule has 6 nitrogen and oxygen atoms in total. The number of methoxy groups -OCH3 is 1. The van der Waals surface area contributed by atoms with Crippen molar-refractivity contribution in [3.05, 3.63) is 53.6 Å². The Labute approximate surface area is 202 Å². The number of carbonyl (C=O) groups excluding carboxylic acids is 1. The molecule has 182 valence electrons. The summed E-state index contributed by atoms with van der Waals surface area (Å²) in [6.07, 6.45) is 8.02. The van der Waals surface area contributed by atoms with Crippen LogP contribution in [-0.2, 0) is 15.4 Å². The van der Waals surface area contributed by atoms with Gasteiger partial charge in [-0.3, -0.25) is 9.52 Å². The Bertz CT molecular complexity index is 1150. The minimum Gasteiger partial charge on any atom is -0.496 e. The van der Waals surface area contributed by atoms with Crippen LogP contribution in [0.4, 0.5) is 5.69 Å². The van der Waals surface area contributed by atoms with Crippen molar-refractivity contribution in [3.63, 3.8) is 0 Å². The monoisotopic (exact) mass is 482 g/mol. The van der Waals surface area contributed by atoms with E-state index in [9.17, 15) is 13.2 Å². The predicted octanol–water partition coefficient (Wildman–Crippen LogP) is 5.10. The Morgan fingerprint density at radius 1 is 0.971 bits per heavy atom. The molecular formula is C27H34N2O4S. The van der Waals surface area contributed by atoms with Crippen LogP contribution in [0.2, 0.25) is 0 Å². The first kappa shape index (κ1) is 23.2. The van der Waals surface area contributed by atoms with Gasteiger partial charge in [0, 0.05) is 11.7 Å². The summed E-state index contributed by atoms with van der Waals surface area (Å²) in [5.74, 6) is 2.55. The Kier molecular flexibility index (Phi) is 5.87. The topological polar surface area (TPSA) is 84.5 Å². The van der Waals surface area contributed by atoms with Gasteiger partial charge < -0.3 is 10.1 Å². The van der Waals surface area contributed by atoms with Crippen molar-refractivity contribution >= 4 is 21.6 Å². The first-order valence-corrected chi connectivity index (χ1v) is 13.8. The quantitative estimate of drug-likeness (QED) is 0.575. The van der Waals surface area contributed by atoms with Gasteiger partial charge in [0.15, 0.2) is 0 Å². The molecule has 2 aromatic rings. The second-order valence-corrected chi connectivity index (χ2v) is 12.6. The molecule has 0 unspecified atom stereocenters. The van der Waals surface area contributed by atoms with Crippen LogP contribution in [0.3, 0.4) is 0 Å². The molecule has 2 aromatic carbocycles. The summed E-state index contributed by atoms with van der Waals surface area (Å²) in [4.78, 5) is 12.6. The third-order valence-electron chi connectivity index (χ3n) is 7.93. The summed E-state index contributed by atoms with van der Waals surface area (Å²) in [6, 6.07) is 12.2. The zero-order valence-electron chi connectivity index (χ0n) is 20.1. The zero-order chi connectivity index (χ0) is 24.1. The summed E-state index contributed by atoms with van der Waals surface area (Å²) in [7, 11) is -2.41. The Balaban J connectivity index is 1.36. The fourth-order valence-corrected chi connectivity index (χ4v) is 8.03. The van der Waals surface area contributed by atoms with Crippen LogP contribution in [-0.4, -0.2) is 27.5 Å². The van der Waals surface area contributed by atoms with Gasteiger partial charge in [-0.15, -0.1) is 0 Å². The van der Waals surface area contributed by atoms with Gasteiger partial charge in [0.1, 0.15) is 5.75 Å². The average Bonchev–Trinajstić information content (AvgIpc) is 2.77. The number of sulfonamides is 1. The lowest BCUT2D eigenvalue weighted by atomic mass is 9.48. The average molecular weight is 483 g/mol. The predicted molar refractivity (Wildman–Crippen MR) is 133 cm³/mol. The van der Waals surface area contributed by atoms with Gasteiger partial charge in [-0.1, -0.05) is 12.1 Å². The SMILES string of the molecule is COc1ccc(S(=O)(=O)Nc2ccc(C34CC5CC(CC(C5)C3)C4)cc2)cc1C(=O)NC(C)C. The molecule has 4 saturated carbocycles. The van der Waals surface area contributed by atoms with Crippen LogP contribution in [0.5, 0.6) is 5.75 Å². The second-order valence-electron chi connectivity index (χ2n) is 10.9. The third kappa shape index (κ3) is 4.30. The highest BCUT2D eigenvalue weighted by atomic mass is 32.2.